The van der Waals surface area contributed by atoms with Crippen molar-refractivity contribution < 1.29 is 33.9 Å². The van der Waals surface area contributed by atoms with E-state index in [1.807, 2.05) is 6.26 Å². The molecule has 4 unspecified atom stereocenters. The first-order chi connectivity index (χ1) is 15.5. The fourth-order valence-electron chi connectivity index (χ4n) is 3.38. The third-order valence-electron chi connectivity index (χ3n) is 5.12. The Bertz CT molecular complexity index is 765. The van der Waals surface area contributed by atoms with Gasteiger partial charge >= 0.3 is 5.97 Å². The first kappa shape index (κ1) is 28.2. The van der Waals surface area contributed by atoms with Crippen molar-refractivity contribution in [3.05, 3.63) is 0 Å². The molecule has 1 aliphatic heterocycles. The van der Waals surface area contributed by atoms with Crippen LogP contribution < -0.4 is 27.8 Å². The zero-order valence-corrected chi connectivity index (χ0v) is 19.3. The Morgan fingerprint density at radius 1 is 1.06 bits per heavy atom. The van der Waals surface area contributed by atoms with Crippen molar-refractivity contribution in [2.24, 2.45) is 17.2 Å². The molecule has 0 aromatic carbocycles. The van der Waals surface area contributed by atoms with E-state index < -0.39 is 60.2 Å². The van der Waals surface area contributed by atoms with E-state index in [1.54, 1.807) is 11.8 Å². The van der Waals surface area contributed by atoms with E-state index in [0.29, 0.717) is 31.6 Å². The van der Waals surface area contributed by atoms with Gasteiger partial charge in [-0.15, -0.1) is 0 Å². The molecule has 14 heteroatoms. The number of rotatable bonds is 14. The number of aliphatic carboxylic acids is 1. The maximum atomic E-state index is 12.9. The Morgan fingerprint density at radius 3 is 2.27 bits per heavy atom. The van der Waals surface area contributed by atoms with Gasteiger partial charge in [0, 0.05) is 13.0 Å². The monoisotopic (exact) mass is 488 g/mol. The predicted molar refractivity (Wildman–Crippen MR) is 119 cm³/mol. The van der Waals surface area contributed by atoms with Gasteiger partial charge in [0.1, 0.15) is 18.1 Å². The van der Waals surface area contributed by atoms with Crippen LogP contribution in [0.1, 0.15) is 38.5 Å². The minimum atomic E-state index is -1.46. The molecular formula is C19H32N6O7S. The summed E-state index contributed by atoms with van der Waals surface area (Å²) in [4.78, 5) is 73.3. The molecular weight excluding hydrogens is 456 g/mol. The fourth-order valence-corrected chi connectivity index (χ4v) is 3.87. The maximum absolute atomic E-state index is 12.9. The second-order valence-electron chi connectivity index (χ2n) is 7.71. The van der Waals surface area contributed by atoms with Gasteiger partial charge in [-0.25, -0.2) is 4.79 Å². The summed E-state index contributed by atoms with van der Waals surface area (Å²) in [6.07, 6.45) is 2.07. The Hall–Kier alpha value is -2.87. The van der Waals surface area contributed by atoms with E-state index in [4.69, 9.17) is 17.2 Å². The molecule has 1 aliphatic rings. The van der Waals surface area contributed by atoms with Crippen LogP contribution in [-0.4, -0.2) is 88.2 Å². The van der Waals surface area contributed by atoms with E-state index in [2.05, 4.69) is 10.6 Å². The van der Waals surface area contributed by atoms with E-state index >= 15 is 0 Å². The molecule has 1 fully saturated rings. The summed E-state index contributed by atoms with van der Waals surface area (Å²) in [7, 11) is 0. The average Bonchev–Trinajstić information content (AvgIpc) is 3.22. The highest BCUT2D eigenvalue weighted by Crippen LogP contribution is 2.19. The number of hydrogen-bond acceptors (Lipinski definition) is 8. The standard InChI is InChI=1S/C19H32N6O7S/c1-33-8-6-10(20)18(30)25-7-2-3-13(25)17(29)24-12(9-15(22)27)16(28)23-11(19(31)32)4-5-14(21)26/h10-13H,2-9,20H2,1H3,(H2,21,26)(H2,22,27)(H,23,28)(H,24,29)(H,31,32). The minimum absolute atomic E-state index is 0.271. The van der Waals surface area contributed by atoms with Crippen LogP contribution in [-0.2, 0) is 28.8 Å². The van der Waals surface area contributed by atoms with E-state index in [0.717, 1.165) is 0 Å². The van der Waals surface area contributed by atoms with Gasteiger partial charge in [-0.3, -0.25) is 24.0 Å². The average molecular weight is 489 g/mol. The van der Waals surface area contributed by atoms with Crippen LogP contribution in [0.15, 0.2) is 0 Å². The fraction of sp³-hybridized carbons (Fsp3) is 0.684. The summed E-state index contributed by atoms with van der Waals surface area (Å²) in [6.45, 7) is 0.324. The number of carbonyl (C=O) groups is 6. The number of amides is 5. The summed E-state index contributed by atoms with van der Waals surface area (Å²) in [6, 6.07) is -4.58. The number of likely N-dealkylation sites (tertiary alicyclic amines) is 1. The van der Waals surface area contributed by atoms with Gasteiger partial charge in [0.15, 0.2) is 0 Å². The van der Waals surface area contributed by atoms with Crippen molar-refractivity contribution in [3.63, 3.8) is 0 Å². The van der Waals surface area contributed by atoms with Crippen LogP contribution in [0.3, 0.4) is 0 Å². The number of carbonyl (C=O) groups excluding carboxylic acids is 5. The maximum Gasteiger partial charge on any atom is 0.326 e. The summed E-state index contributed by atoms with van der Waals surface area (Å²) < 4.78 is 0. The molecule has 13 nitrogen and oxygen atoms in total. The highest BCUT2D eigenvalue weighted by Gasteiger charge is 2.38. The van der Waals surface area contributed by atoms with Gasteiger partial charge < -0.3 is 37.8 Å². The molecule has 0 aromatic rings. The summed E-state index contributed by atoms with van der Waals surface area (Å²) >= 11 is 1.54. The molecule has 0 aromatic heterocycles. The van der Waals surface area contributed by atoms with Crippen molar-refractivity contribution in [1.29, 1.82) is 0 Å². The van der Waals surface area contributed by atoms with Gasteiger partial charge in [0.05, 0.1) is 12.5 Å². The third-order valence-corrected chi connectivity index (χ3v) is 5.76. The van der Waals surface area contributed by atoms with Crippen molar-refractivity contribution in [1.82, 2.24) is 15.5 Å². The molecule has 9 N–H and O–H groups in total. The van der Waals surface area contributed by atoms with Gasteiger partial charge in [-0.2, -0.15) is 11.8 Å². The zero-order chi connectivity index (χ0) is 25.1. The molecule has 0 spiro atoms. The second kappa shape index (κ2) is 13.6. The minimum Gasteiger partial charge on any atom is -0.480 e. The highest BCUT2D eigenvalue weighted by molar-refractivity contribution is 7.98. The molecule has 0 aliphatic carbocycles. The Labute approximate surface area is 195 Å². The Morgan fingerprint density at radius 2 is 1.73 bits per heavy atom. The smallest absolute Gasteiger partial charge is 0.326 e. The van der Waals surface area contributed by atoms with Crippen molar-refractivity contribution >= 4 is 47.3 Å². The van der Waals surface area contributed by atoms with E-state index in [-0.39, 0.29) is 18.7 Å². The number of carboxylic acid groups (broad SMARTS) is 1. The molecule has 186 valence electrons. The zero-order valence-electron chi connectivity index (χ0n) is 18.5. The summed E-state index contributed by atoms with van der Waals surface area (Å²) in [5, 5.41) is 13.8. The third kappa shape index (κ3) is 9.26. The molecule has 0 saturated carbocycles. The van der Waals surface area contributed by atoms with E-state index in [1.165, 1.54) is 4.90 Å². The molecule has 33 heavy (non-hydrogen) atoms. The second-order valence-corrected chi connectivity index (χ2v) is 8.70. The normalized spacial score (nSPS) is 18.1. The quantitative estimate of drug-likeness (QED) is 0.149. The Kier molecular flexibility index (Phi) is 11.6. The molecule has 1 heterocycles. The predicted octanol–water partition coefficient (Wildman–Crippen LogP) is -2.75. The van der Waals surface area contributed by atoms with Crippen LogP contribution in [0.25, 0.3) is 0 Å². The number of nitrogens with two attached hydrogens (primary N) is 3. The summed E-state index contributed by atoms with van der Waals surface area (Å²) in [5.41, 5.74) is 16.1. The first-order valence-corrected chi connectivity index (χ1v) is 11.8. The Balaban J connectivity index is 2.89. The number of nitrogens with zero attached hydrogens (tertiary/aromatic N) is 1. The van der Waals surface area contributed by atoms with Crippen LogP contribution in [0.5, 0.6) is 0 Å². The molecule has 0 radical (unpaired) electrons. The van der Waals surface area contributed by atoms with Crippen molar-refractivity contribution in [2.75, 3.05) is 18.6 Å². The number of hydrogen-bond donors (Lipinski definition) is 6. The van der Waals surface area contributed by atoms with Crippen LogP contribution in [0.2, 0.25) is 0 Å². The topological polar surface area (TPSA) is 228 Å². The highest BCUT2D eigenvalue weighted by atomic mass is 32.2. The number of primary amides is 2. The molecule has 4 atom stereocenters. The lowest BCUT2D eigenvalue weighted by molar-refractivity contribution is -0.143. The van der Waals surface area contributed by atoms with Crippen molar-refractivity contribution in [2.45, 2.75) is 62.7 Å². The SMILES string of the molecule is CSCCC(N)C(=O)N1CCCC1C(=O)NC(CC(N)=O)C(=O)NC(CCC(N)=O)C(=O)O. The lowest BCUT2D eigenvalue weighted by atomic mass is 10.1. The first-order valence-electron chi connectivity index (χ1n) is 10.4. The summed E-state index contributed by atoms with van der Waals surface area (Å²) in [5.74, 6) is -4.42. The van der Waals surface area contributed by atoms with Gasteiger partial charge in [-0.05, 0) is 37.7 Å². The van der Waals surface area contributed by atoms with Crippen LogP contribution >= 0.6 is 11.8 Å². The number of carboxylic acids is 1. The number of nitrogens with one attached hydrogen (secondary N) is 2. The molecule has 1 saturated heterocycles. The molecule has 0 bridgehead atoms. The van der Waals surface area contributed by atoms with Gasteiger partial charge in [0.25, 0.3) is 0 Å². The van der Waals surface area contributed by atoms with Crippen LogP contribution in [0.4, 0.5) is 0 Å². The van der Waals surface area contributed by atoms with E-state index in [9.17, 15) is 33.9 Å². The van der Waals surface area contributed by atoms with Gasteiger partial charge in [-0.1, -0.05) is 0 Å². The molecule has 5 amide bonds. The molecule has 1 rings (SSSR count). The van der Waals surface area contributed by atoms with Crippen molar-refractivity contribution in [3.8, 4) is 0 Å². The number of thioether (sulfide) groups is 1. The van der Waals surface area contributed by atoms with Crippen LogP contribution in [0, 0.1) is 0 Å². The largest absolute Gasteiger partial charge is 0.480 e. The van der Waals surface area contributed by atoms with Gasteiger partial charge in [0.2, 0.25) is 29.5 Å². The lowest BCUT2D eigenvalue weighted by Crippen LogP contribution is -2.57. The lowest BCUT2D eigenvalue weighted by Gasteiger charge is -2.28.